The molecule has 1 aliphatic rings. The molecule has 2 aromatic rings. The van der Waals surface area contributed by atoms with Crippen LogP contribution in [0.1, 0.15) is 35.0 Å². The van der Waals surface area contributed by atoms with Gasteiger partial charge in [0.2, 0.25) is 11.9 Å². The first-order valence-electron chi connectivity index (χ1n) is 8.55. The van der Waals surface area contributed by atoms with Crippen molar-refractivity contribution >= 4 is 29.3 Å². The molecule has 10 heteroatoms. The molecule has 0 fully saturated rings. The smallest absolute Gasteiger partial charge is 0.273 e. The Hall–Kier alpha value is -3.27. The lowest BCUT2D eigenvalue weighted by molar-refractivity contribution is -0.118. The number of hydrogen-bond acceptors (Lipinski definition) is 8. The normalized spacial score (nSPS) is 14.1. The standard InChI is InChI=1S/C17H21N7O3/c1-2-12(14(18)25)21-17-22-16(13(15(19)26)23-24-17)20-11-4-3-9-5-6-27-8-10(9)7-11/h3-4,7,12H,2,5-6,8H2,1H3,(H2,18,25)(H2,19,26)(H2,20,21,22,24)/t12-/m1/s1. The molecular weight excluding hydrogens is 350 g/mol. The van der Waals surface area contributed by atoms with E-state index in [4.69, 9.17) is 16.2 Å². The Morgan fingerprint density at radius 1 is 1.26 bits per heavy atom. The maximum atomic E-state index is 11.7. The van der Waals surface area contributed by atoms with Gasteiger partial charge in [-0.15, -0.1) is 10.2 Å². The summed E-state index contributed by atoms with van der Waals surface area (Å²) in [6.07, 6.45) is 1.31. The second kappa shape index (κ2) is 7.96. The van der Waals surface area contributed by atoms with Crippen molar-refractivity contribution in [3.63, 3.8) is 0 Å². The van der Waals surface area contributed by atoms with Crippen molar-refractivity contribution < 1.29 is 14.3 Å². The minimum absolute atomic E-state index is 0.0643. The molecule has 1 atom stereocenters. The number of ether oxygens (including phenoxy) is 1. The van der Waals surface area contributed by atoms with Gasteiger partial charge < -0.3 is 26.8 Å². The minimum Gasteiger partial charge on any atom is -0.376 e. The van der Waals surface area contributed by atoms with Gasteiger partial charge in [-0.05, 0) is 36.1 Å². The number of nitrogens with one attached hydrogen (secondary N) is 2. The number of nitrogens with zero attached hydrogens (tertiary/aromatic N) is 3. The predicted molar refractivity (Wildman–Crippen MR) is 98.3 cm³/mol. The Balaban J connectivity index is 1.89. The second-order valence-electron chi connectivity index (χ2n) is 6.12. The quantitative estimate of drug-likeness (QED) is 0.546. The van der Waals surface area contributed by atoms with Gasteiger partial charge in [-0.3, -0.25) is 9.59 Å². The number of fused-ring (bicyclic) bond motifs is 1. The molecule has 0 saturated heterocycles. The van der Waals surface area contributed by atoms with E-state index in [2.05, 4.69) is 25.8 Å². The Kier molecular flexibility index (Phi) is 5.46. The first-order chi connectivity index (χ1) is 13.0. The van der Waals surface area contributed by atoms with Gasteiger partial charge in [0.05, 0.1) is 13.2 Å². The van der Waals surface area contributed by atoms with Crippen LogP contribution in [0.15, 0.2) is 18.2 Å². The average Bonchev–Trinajstić information content (AvgIpc) is 2.65. The van der Waals surface area contributed by atoms with E-state index in [0.717, 1.165) is 12.0 Å². The minimum atomic E-state index is -0.771. The van der Waals surface area contributed by atoms with Gasteiger partial charge >= 0.3 is 0 Å². The number of aromatic nitrogens is 3. The number of benzene rings is 1. The highest BCUT2D eigenvalue weighted by Crippen LogP contribution is 2.24. The Labute approximate surface area is 155 Å². The van der Waals surface area contributed by atoms with E-state index >= 15 is 0 Å². The molecule has 0 saturated carbocycles. The number of amides is 2. The van der Waals surface area contributed by atoms with Crippen LogP contribution in [0.3, 0.4) is 0 Å². The van der Waals surface area contributed by atoms with Crippen LogP contribution in [-0.4, -0.2) is 39.6 Å². The van der Waals surface area contributed by atoms with E-state index in [1.54, 1.807) is 6.92 Å². The van der Waals surface area contributed by atoms with E-state index in [1.165, 1.54) is 5.56 Å². The summed E-state index contributed by atoms with van der Waals surface area (Å²) < 4.78 is 5.47. The van der Waals surface area contributed by atoms with E-state index in [9.17, 15) is 9.59 Å². The summed E-state index contributed by atoms with van der Waals surface area (Å²) in [5, 5.41) is 13.5. The van der Waals surface area contributed by atoms with E-state index in [-0.39, 0.29) is 17.5 Å². The Morgan fingerprint density at radius 2 is 2.07 bits per heavy atom. The lowest BCUT2D eigenvalue weighted by Gasteiger charge is -2.18. The van der Waals surface area contributed by atoms with Crippen molar-refractivity contribution in [1.29, 1.82) is 0 Å². The van der Waals surface area contributed by atoms with Crippen LogP contribution in [0, 0.1) is 0 Å². The van der Waals surface area contributed by atoms with Crippen LogP contribution < -0.4 is 22.1 Å². The second-order valence-corrected chi connectivity index (χ2v) is 6.12. The largest absolute Gasteiger partial charge is 0.376 e. The fourth-order valence-electron chi connectivity index (χ4n) is 2.75. The lowest BCUT2D eigenvalue weighted by Crippen LogP contribution is -2.35. The molecule has 27 heavy (non-hydrogen) atoms. The highest BCUT2D eigenvalue weighted by molar-refractivity contribution is 5.96. The van der Waals surface area contributed by atoms with Crippen molar-refractivity contribution in [1.82, 2.24) is 15.2 Å². The molecule has 2 amide bonds. The molecule has 0 radical (unpaired) electrons. The molecular formula is C17H21N7O3. The third-order valence-electron chi connectivity index (χ3n) is 4.22. The zero-order valence-corrected chi connectivity index (χ0v) is 14.9. The van der Waals surface area contributed by atoms with Crippen LogP contribution >= 0.6 is 0 Å². The molecule has 0 spiro atoms. The van der Waals surface area contributed by atoms with E-state index in [0.29, 0.717) is 25.3 Å². The van der Waals surface area contributed by atoms with Crippen LogP contribution in [0.5, 0.6) is 0 Å². The average molecular weight is 371 g/mol. The summed E-state index contributed by atoms with van der Waals surface area (Å²) in [4.78, 5) is 27.3. The molecule has 10 nitrogen and oxygen atoms in total. The SMILES string of the molecule is CC[C@@H](Nc1nnc(C(N)=O)c(Nc2ccc3c(c2)COCC3)n1)C(N)=O. The fourth-order valence-corrected chi connectivity index (χ4v) is 2.75. The summed E-state index contributed by atoms with van der Waals surface area (Å²) in [6, 6.07) is 5.15. The number of nitrogens with two attached hydrogens (primary N) is 2. The Bertz CT molecular complexity index is 872. The first-order valence-corrected chi connectivity index (χ1v) is 8.55. The van der Waals surface area contributed by atoms with Gasteiger partial charge in [0.1, 0.15) is 6.04 Å². The van der Waals surface area contributed by atoms with Gasteiger partial charge in [0.25, 0.3) is 5.91 Å². The molecule has 1 aliphatic heterocycles. The molecule has 0 unspecified atom stereocenters. The molecule has 1 aromatic carbocycles. The summed E-state index contributed by atoms with van der Waals surface area (Å²) in [7, 11) is 0. The number of rotatable bonds is 7. The van der Waals surface area contributed by atoms with Gasteiger partial charge in [0, 0.05) is 5.69 Å². The first kappa shape index (κ1) is 18.5. The molecule has 6 N–H and O–H groups in total. The van der Waals surface area contributed by atoms with E-state index < -0.39 is 17.9 Å². The van der Waals surface area contributed by atoms with Crippen molar-refractivity contribution in [2.45, 2.75) is 32.4 Å². The van der Waals surface area contributed by atoms with Crippen LogP contribution in [0.25, 0.3) is 0 Å². The molecule has 142 valence electrons. The topological polar surface area (TPSA) is 158 Å². The zero-order valence-electron chi connectivity index (χ0n) is 14.9. The summed E-state index contributed by atoms with van der Waals surface area (Å²) in [5.74, 6) is -1.11. The van der Waals surface area contributed by atoms with Crippen LogP contribution in [-0.2, 0) is 22.6 Å². The number of primary amides is 2. The maximum Gasteiger partial charge on any atom is 0.273 e. The summed E-state index contributed by atoms with van der Waals surface area (Å²) in [6.45, 7) is 3.02. The van der Waals surface area contributed by atoms with Gasteiger partial charge in [-0.1, -0.05) is 13.0 Å². The molecule has 0 aliphatic carbocycles. The fraction of sp³-hybridized carbons (Fsp3) is 0.353. The van der Waals surface area contributed by atoms with Crippen LogP contribution in [0.2, 0.25) is 0 Å². The van der Waals surface area contributed by atoms with Gasteiger partial charge in [0.15, 0.2) is 11.5 Å². The maximum absolute atomic E-state index is 11.7. The zero-order chi connectivity index (χ0) is 19.4. The molecule has 2 heterocycles. The summed E-state index contributed by atoms with van der Waals surface area (Å²) >= 11 is 0. The molecule has 1 aromatic heterocycles. The molecule has 3 rings (SSSR count). The number of carbonyl (C=O) groups excluding carboxylic acids is 2. The molecule has 0 bridgehead atoms. The number of hydrogen-bond donors (Lipinski definition) is 4. The highest BCUT2D eigenvalue weighted by Gasteiger charge is 2.19. The predicted octanol–water partition coefficient (Wildman–Crippen LogP) is 0.463. The van der Waals surface area contributed by atoms with Gasteiger partial charge in [-0.25, -0.2) is 0 Å². The van der Waals surface area contributed by atoms with Crippen molar-refractivity contribution in [2.24, 2.45) is 11.5 Å². The van der Waals surface area contributed by atoms with Gasteiger partial charge in [-0.2, -0.15) is 4.98 Å². The van der Waals surface area contributed by atoms with E-state index in [1.807, 2.05) is 18.2 Å². The van der Waals surface area contributed by atoms with Crippen LogP contribution in [0.4, 0.5) is 17.5 Å². The number of carbonyl (C=O) groups is 2. The number of anilines is 3. The summed E-state index contributed by atoms with van der Waals surface area (Å²) in [5.41, 5.74) is 13.6. The monoisotopic (exact) mass is 371 g/mol. The third kappa shape index (κ3) is 4.29. The van der Waals surface area contributed by atoms with Crippen molar-refractivity contribution in [2.75, 3.05) is 17.2 Å². The highest BCUT2D eigenvalue weighted by atomic mass is 16.5. The lowest BCUT2D eigenvalue weighted by atomic mass is 10.0. The third-order valence-corrected chi connectivity index (χ3v) is 4.22. The van der Waals surface area contributed by atoms with Crippen molar-refractivity contribution in [3.05, 3.63) is 35.0 Å². The Morgan fingerprint density at radius 3 is 2.78 bits per heavy atom. The van der Waals surface area contributed by atoms with Crippen molar-refractivity contribution in [3.8, 4) is 0 Å².